The molecule has 3 heterocycles. The zero-order valence-electron chi connectivity index (χ0n) is 16.3. The van der Waals surface area contributed by atoms with Crippen molar-refractivity contribution >= 4 is 16.8 Å². The molecule has 0 atom stereocenters. The number of pyridine rings is 1. The average molecular weight is 381 g/mol. The van der Waals surface area contributed by atoms with Gasteiger partial charge >= 0.3 is 0 Å². The van der Waals surface area contributed by atoms with E-state index in [0.717, 1.165) is 48.9 Å². The van der Waals surface area contributed by atoms with Crippen LogP contribution in [0.1, 0.15) is 38.0 Å². The quantitative estimate of drug-likeness (QED) is 0.704. The second kappa shape index (κ2) is 7.54. The lowest BCUT2D eigenvalue weighted by atomic mass is 9.99. The van der Waals surface area contributed by atoms with Crippen molar-refractivity contribution in [1.82, 2.24) is 14.5 Å². The Bertz CT molecular complexity index is 1080. The fraction of sp³-hybridized carbons (Fsp3) is 0.364. The Balaban J connectivity index is 0.00000240. The number of aryl methyl sites for hydroxylation is 1. The lowest BCUT2D eigenvalue weighted by Gasteiger charge is -2.31. The molecule has 1 N–H and O–H groups in total. The maximum Gasteiger partial charge on any atom is 0.274 e. The van der Waals surface area contributed by atoms with Gasteiger partial charge in [-0.3, -0.25) is 9.59 Å². The molecule has 0 radical (unpaired) electrons. The first kappa shape index (κ1) is 18.3. The van der Waals surface area contributed by atoms with Crippen molar-refractivity contribution in [3.63, 3.8) is 0 Å². The van der Waals surface area contributed by atoms with E-state index in [1.165, 1.54) is 0 Å². The first-order chi connectivity index (χ1) is 13.6. The van der Waals surface area contributed by atoms with Crippen molar-refractivity contribution in [3.8, 4) is 16.9 Å². The summed E-state index contributed by atoms with van der Waals surface area (Å²) in [6, 6.07) is 7.43. The normalized spacial score (nSPS) is 13.6. The molecule has 3 aromatic rings. The van der Waals surface area contributed by atoms with Gasteiger partial charge in [0.1, 0.15) is 11.3 Å². The lowest BCUT2D eigenvalue weighted by molar-refractivity contribution is 0.0652. The Morgan fingerprint density at radius 3 is 2.75 bits per heavy atom. The first-order valence-electron chi connectivity index (χ1n) is 9.82. The number of aromatic nitrogens is 2. The summed E-state index contributed by atoms with van der Waals surface area (Å²) in [5.41, 5.74) is 2.91. The maximum absolute atomic E-state index is 12.8. The van der Waals surface area contributed by atoms with Crippen LogP contribution in [0.3, 0.4) is 0 Å². The minimum absolute atomic E-state index is 0. The van der Waals surface area contributed by atoms with E-state index in [2.05, 4.69) is 11.9 Å². The number of aromatic amines is 1. The van der Waals surface area contributed by atoms with Gasteiger partial charge in [0.15, 0.2) is 0 Å². The zero-order chi connectivity index (χ0) is 19.7. The molecule has 0 aliphatic carbocycles. The number of likely N-dealkylation sites (tertiary alicyclic amines) is 1. The maximum atomic E-state index is 12.8. The lowest BCUT2D eigenvalue weighted by Crippen LogP contribution is -2.42. The number of rotatable bonds is 6. The monoisotopic (exact) mass is 381 g/mol. The van der Waals surface area contributed by atoms with Gasteiger partial charge in [-0.15, -0.1) is 0 Å². The van der Waals surface area contributed by atoms with E-state index in [1.807, 2.05) is 35.4 Å². The molecule has 0 saturated carbocycles. The van der Waals surface area contributed by atoms with Gasteiger partial charge in [0, 0.05) is 55.5 Å². The highest BCUT2D eigenvalue weighted by molar-refractivity contribution is 6.00. The molecule has 4 rings (SSSR count). The van der Waals surface area contributed by atoms with Crippen LogP contribution in [0, 0.1) is 0 Å². The van der Waals surface area contributed by atoms with Gasteiger partial charge in [0.05, 0.1) is 7.11 Å². The van der Waals surface area contributed by atoms with Gasteiger partial charge < -0.3 is 19.2 Å². The van der Waals surface area contributed by atoms with Crippen LogP contribution in [0.15, 0.2) is 41.5 Å². The third kappa shape index (κ3) is 3.09. The number of unbranched alkanes of at least 4 members (excludes halogenated alkanes) is 1. The van der Waals surface area contributed by atoms with Crippen LogP contribution in [-0.4, -0.2) is 40.6 Å². The Morgan fingerprint density at radius 1 is 1.25 bits per heavy atom. The number of nitrogens with zero attached hydrogens (tertiary/aromatic N) is 2. The van der Waals surface area contributed by atoms with E-state index >= 15 is 0 Å². The molecule has 1 aliphatic rings. The standard InChI is InChI=1S/C22H25N3O3.H2/c1-3-4-10-25-14-18(16-8-9-23-20(16)22(25)27)17-13-15(6-7-19(17)28-2)21(26)24-11-5-12-24;/h6-9,13-14,23H,3-5,10-12H2,1-2H3;1H. The molecule has 28 heavy (non-hydrogen) atoms. The summed E-state index contributed by atoms with van der Waals surface area (Å²) in [4.78, 5) is 30.4. The molecule has 1 aliphatic heterocycles. The smallest absolute Gasteiger partial charge is 0.274 e. The Hall–Kier alpha value is -3.02. The van der Waals surface area contributed by atoms with Crippen LogP contribution < -0.4 is 10.3 Å². The third-order valence-corrected chi connectivity index (χ3v) is 5.43. The van der Waals surface area contributed by atoms with E-state index in [-0.39, 0.29) is 12.9 Å². The minimum Gasteiger partial charge on any atom is -0.496 e. The van der Waals surface area contributed by atoms with Crippen LogP contribution in [0.4, 0.5) is 0 Å². The van der Waals surface area contributed by atoms with Crippen LogP contribution in [0.2, 0.25) is 0 Å². The number of ether oxygens (including phenoxy) is 1. The molecule has 0 unspecified atom stereocenters. The van der Waals surface area contributed by atoms with Gasteiger partial charge in [0.2, 0.25) is 0 Å². The summed E-state index contributed by atoms with van der Waals surface area (Å²) in [6.07, 6.45) is 6.66. The molecule has 6 heteroatoms. The summed E-state index contributed by atoms with van der Waals surface area (Å²) in [5.74, 6) is 0.725. The number of hydrogen-bond donors (Lipinski definition) is 1. The van der Waals surface area contributed by atoms with Crippen molar-refractivity contribution in [1.29, 1.82) is 0 Å². The topological polar surface area (TPSA) is 67.3 Å². The van der Waals surface area contributed by atoms with Gasteiger partial charge in [-0.25, -0.2) is 0 Å². The summed E-state index contributed by atoms with van der Waals surface area (Å²) in [5, 5.41) is 0.838. The highest BCUT2D eigenvalue weighted by Crippen LogP contribution is 2.35. The van der Waals surface area contributed by atoms with E-state index in [9.17, 15) is 9.59 Å². The fourth-order valence-electron chi connectivity index (χ4n) is 3.66. The molecular weight excluding hydrogens is 354 g/mol. The number of carbonyl (C=O) groups excluding carboxylic acids is 1. The molecule has 1 fully saturated rings. The number of benzene rings is 1. The Morgan fingerprint density at radius 2 is 2.07 bits per heavy atom. The van der Waals surface area contributed by atoms with Crippen molar-refractivity contribution in [2.75, 3.05) is 20.2 Å². The molecule has 148 valence electrons. The molecule has 0 spiro atoms. The van der Waals surface area contributed by atoms with Crippen molar-refractivity contribution in [2.24, 2.45) is 0 Å². The number of hydrogen-bond acceptors (Lipinski definition) is 3. The van der Waals surface area contributed by atoms with E-state index in [0.29, 0.717) is 23.4 Å². The van der Waals surface area contributed by atoms with Gasteiger partial charge in [-0.05, 0) is 37.1 Å². The zero-order valence-corrected chi connectivity index (χ0v) is 16.3. The van der Waals surface area contributed by atoms with Gasteiger partial charge in [0.25, 0.3) is 11.5 Å². The van der Waals surface area contributed by atoms with Crippen molar-refractivity contribution < 1.29 is 11.0 Å². The molecule has 6 nitrogen and oxygen atoms in total. The first-order valence-corrected chi connectivity index (χ1v) is 9.82. The summed E-state index contributed by atoms with van der Waals surface area (Å²) in [6.45, 7) is 4.38. The second-order valence-electron chi connectivity index (χ2n) is 7.22. The molecule has 2 aromatic heterocycles. The van der Waals surface area contributed by atoms with Crippen molar-refractivity contribution in [3.05, 3.63) is 52.6 Å². The van der Waals surface area contributed by atoms with Crippen LogP contribution in [0.25, 0.3) is 22.0 Å². The van der Waals surface area contributed by atoms with Gasteiger partial charge in [-0.1, -0.05) is 13.3 Å². The highest BCUT2D eigenvalue weighted by atomic mass is 16.5. The average Bonchev–Trinajstić information content (AvgIpc) is 3.16. The molecule has 1 saturated heterocycles. The van der Waals surface area contributed by atoms with Crippen LogP contribution >= 0.6 is 0 Å². The molecule has 1 aromatic carbocycles. The van der Waals surface area contributed by atoms with E-state index < -0.39 is 0 Å². The number of methoxy groups -OCH3 is 1. The van der Waals surface area contributed by atoms with Crippen LogP contribution in [0.5, 0.6) is 5.75 Å². The van der Waals surface area contributed by atoms with E-state index in [4.69, 9.17) is 4.74 Å². The second-order valence-corrected chi connectivity index (χ2v) is 7.22. The molecule has 1 amide bonds. The summed E-state index contributed by atoms with van der Waals surface area (Å²) in [7, 11) is 1.62. The number of amides is 1. The number of fused-ring (bicyclic) bond motifs is 1. The predicted octanol–water partition coefficient (Wildman–Crippen LogP) is 3.90. The SMILES string of the molecule is CCCCn1cc(-c2cc(C(=O)N3CCC3)ccc2OC)c2cc[nH]c2c1=O.[HH]. The van der Waals surface area contributed by atoms with Crippen LogP contribution in [-0.2, 0) is 6.54 Å². The predicted molar refractivity (Wildman–Crippen MR) is 112 cm³/mol. The number of carbonyl (C=O) groups is 1. The fourth-order valence-corrected chi connectivity index (χ4v) is 3.66. The molecule has 0 bridgehead atoms. The van der Waals surface area contributed by atoms with Gasteiger partial charge in [-0.2, -0.15) is 0 Å². The highest BCUT2D eigenvalue weighted by Gasteiger charge is 2.23. The Kier molecular flexibility index (Phi) is 4.94. The Labute approximate surface area is 165 Å². The number of H-pyrrole nitrogens is 1. The third-order valence-electron chi connectivity index (χ3n) is 5.43. The molecular formula is C22H27N3O3. The minimum atomic E-state index is -0.0241. The largest absolute Gasteiger partial charge is 0.496 e. The van der Waals surface area contributed by atoms with Crippen molar-refractivity contribution in [2.45, 2.75) is 32.7 Å². The number of nitrogens with one attached hydrogen (secondary N) is 1. The summed E-state index contributed by atoms with van der Waals surface area (Å²) >= 11 is 0. The summed E-state index contributed by atoms with van der Waals surface area (Å²) < 4.78 is 7.34. The van der Waals surface area contributed by atoms with E-state index in [1.54, 1.807) is 17.9 Å².